The number of hydrogen-bond donors (Lipinski definition) is 0. The van der Waals surface area contributed by atoms with E-state index in [0.717, 1.165) is 0 Å². The van der Waals surface area contributed by atoms with Crippen LogP contribution in [0.5, 0.6) is 5.75 Å². The van der Waals surface area contributed by atoms with Crippen molar-refractivity contribution in [2.75, 3.05) is 18.6 Å². The van der Waals surface area contributed by atoms with Crippen LogP contribution >= 0.6 is 11.6 Å². The molecule has 0 aliphatic heterocycles. The molecule has 3 nitrogen and oxygen atoms in total. The summed E-state index contributed by atoms with van der Waals surface area (Å²) >= 11 is 5.67. The van der Waals surface area contributed by atoms with Gasteiger partial charge in [0.25, 0.3) is 0 Å². The van der Waals surface area contributed by atoms with Crippen LogP contribution in [0, 0.1) is 0 Å². The quantitative estimate of drug-likeness (QED) is 0.798. The van der Waals surface area contributed by atoms with Crippen molar-refractivity contribution in [1.29, 1.82) is 0 Å². The van der Waals surface area contributed by atoms with Gasteiger partial charge in [0.2, 0.25) is 0 Å². The van der Waals surface area contributed by atoms with Crippen LogP contribution in [0.1, 0.15) is 0 Å². The molecule has 1 rings (SSSR count). The number of sulfone groups is 1. The van der Waals surface area contributed by atoms with E-state index in [-0.39, 0.29) is 12.4 Å². The molecule has 0 amide bonds. The molecule has 0 spiro atoms. The predicted molar refractivity (Wildman–Crippen MR) is 56.7 cm³/mol. The van der Waals surface area contributed by atoms with Crippen LogP contribution in [0.3, 0.4) is 0 Å². The van der Waals surface area contributed by atoms with Crippen LogP contribution in [0.4, 0.5) is 0 Å². The molecule has 0 heterocycles. The number of ether oxygens (including phenoxy) is 1. The van der Waals surface area contributed by atoms with E-state index in [1.807, 2.05) is 0 Å². The summed E-state index contributed by atoms with van der Waals surface area (Å²) in [6.07, 6.45) is 1.18. The SMILES string of the molecule is CS(=O)(=O)CCOc1ccc(Cl)cc1. The van der Waals surface area contributed by atoms with Gasteiger partial charge in [0, 0.05) is 11.3 Å². The van der Waals surface area contributed by atoms with Crippen molar-refractivity contribution in [3.05, 3.63) is 29.3 Å². The Hall–Kier alpha value is -0.740. The van der Waals surface area contributed by atoms with E-state index in [1.165, 1.54) is 6.26 Å². The molecule has 0 saturated heterocycles. The average Bonchev–Trinajstić information content (AvgIpc) is 2.06. The summed E-state index contributed by atoms with van der Waals surface area (Å²) < 4.78 is 26.7. The molecule has 0 saturated carbocycles. The maximum atomic E-state index is 10.8. The van der Waals surface area contributed by atoms with Gasteiger partial charge >= 0.3 is 0 Å². The first-order valence-corrected chi connectivity index (χ1v) is 6.47. The molecule has 0 atom stereocenters. The summed E-state index contributed by atoms with van der Waals surface area (Å²) in [5.74, 6) is 0.647. The van der Waals surface area contributed by atoms with Crippen molar-refractivity contribution in [2.45, 2.75) is 0 Å². The van der Waals surface area contributed by atoms with Gasteiger partial charge in [-0.1, -0.05) is 11.6 Å². The minimum atomic E-state index is -2.95. The highest BCUT2D eigenvalue weighted by atomic mass is 35.5. The number of halogens is 1. The maximum absolute atomic E-state index is 10.8. The second kappa shape index (κ2) is 4.66. The molecule has 1 aromatic carbocycles. The van der Waals surface area contributed by atoms with Crippen molar-refractivity contribution in [1.82, 2.24) is 0 Å². The van der Waals surface area contributed by atoms with Crippen molar-refractivity contribution < 1.29 is 13.2 Å². The van der Waals surface area contributed by atoms with E-state index in [2.05, 4.69) is 0 Å². The Morgan fingerprint density at radius 2 is 1.86 bits per heavy atom. The molecule has 0 radical (unpaired) electrons. The third-order valence-electron chi connectivity index (χ3n) is 1.54. The third-order valence-corrected chi connectivity index (χ3v) is 2.70. The van der Waals surface area contributed by atoms with E-state index in [0.29, 0.717) is 10.8 Å². The van der Waals surface area contributed by atoms with Gasteiger partial charge in [0.15, 0.2) is 9.84 Å². The van der Waals surface area contributed by atoms with Gasteiger partial charge in [0.1, 0.15) is 12.4 Å². The first kappa shape index (κ1) is 11.3. The first-order valence-electron chi connectivity index (χ1n) is 4.03. The molecule has 0 fully saturated rings. The van der Waals surface area contributed by atoms with Crippen LogP contribution in [-0.4, -0.2) is 27.0 Å². The molecular formula is C9H11ClO3S. The summed E-state index contributed by atoms with van der Waals surface area (Å²) in [4.78, 5) is 0. The molecule has 0 bridgehead atoms. The Morgan fingerprint density at radius 3 is 2.36 bits per heavy atom. The molecule has 0 N–H and O–H groups in total. The molecule has 78 valence electrons. The van der Waals surface area contributed by atoms with Crippen LogP contribution in [0.15, 0.2) is 24.3 Å². The van der Waals surface area contributed by atoms with Crippen LogP contribution in [0.2, 0.25) is 5.02 Å². The summed E-state index contributed by atoms with van der Waals surface area (Å²) in [6, 6.07) is 6.78. The monoisotopic (exact) mass is 234 g/mol. The summed E-state index contributed by atoms with van der Waals surface area (Å²) in [5.41, 5.74) is 0. The Morgan fingerprint density at radius 1 is 1.29 bits per heavy atom. The fourth-order valence-corrected chi connectivity index (χ4v) is 1.35. The van der Waals surface area contributed by atoms with Gasteiger partial charge in [-0.2, -0.15) is 0 Å². The lowest BCUT2D eigenvalue weighted by atomic mass is 10.3. The Labute approximate surface area is 88.6 Å². The lowest BCUT2D eigenvalue weighted by molar-refractivity contribution is 0.341. The molecule has 0 unspecified atom stereocenters. The Kier molecular flexibility index (Phi) is 3.77. The summed E-state index contributed by atoms with van der Waals surface area (Å²) in [5, 5.41) is 0.625. The molecule has 5 heteroatoms. The zero-order valence-corrected chi connectivity index (χ0v) is 9.31. The molecule has 0 aliphatic rings. The Bertz CT molecular complexity index is 383. The molecule has 0 aromatic heterocycles. The highest BCUT2D eigenvalue weighted by Gasteiger charge is 2.02. The van der Waals surface area contributed by atoms with E-state index in [9.17, 15) is 8.42 Å². The zero-order chi connectivity index (χ0) is 10.6. The second-order valence-electron chi connectivity index (χ2n) is 2.93. The van der Waals surface area contributed by atoms with Crippen LogP contribution in [0.25, 0.3) is 0 Å². The van der Waals surface area contributed by atoms with Gasteiger partial charge in [-0.3, -0.25) is 0 Å². The fraction of sp³-hybridized carbons (Fsp3) is 0.333. The highest BCUT2D eigenvalue weighted by molar-refractivity contribution is 7.90. The van der Waals surface area contributed by atoms with E-state index in [4.69, 9.17) is 16.3 Å². The molecular weight excluding hydrogens is 224 g/mol. The minimum absolute atomic E-state index is 0.0234. The second-order valence-corrected chi connectivity index (χ2v) is 5.63. The first-order chi connectivity index (χ1) is 6.47. The minimum Gasteiger partial charge on any atom is -0.493 e. The van der Waals surface area contributed by atoms with Crippen molar-refractivity contribution >= 4 is 21.4 Å². The number of hydrogen-bond acceptors (Lipinski definition) is 3. The normalized spacial score (nSPS) is 11.3. The summed E-state index contributed by atoms with van der Waals surface area (Å²) in [6.45, 7) is 0.167. The number of rotatable bonds is 4. The van der Waals surface area contributed by atoms with Gasteiger partial charge in [-0.05, 0) is 24.3 Å². The van der Waals surface area contributed by atoms with E-state index in [1.54, 1.807) is 24.3 Å². The number of benzene rings is 1. The topological polar surface area (TPSA) is 43.4 Å². The standard InChI is InChI=1S/C9H11ClO3S/c1-14(11,12)7-6-13-9-4-2-8(10)3-5-9/h2-5H,6-7H2,1H3. The van der Waals surface area contributed by atoms with Crippen molar-refractivity contribution in [2.24, 2.45) is 0 Å². The van der Waals surface area contributed by atoms with Gasteiger partial charge in [0.05, 0.1) is 5.75 Å². The lowest BCUT2D eigenvalue weighted by Gasteiger charge is -2.04. The molecule has 1 aromatic rings. The van der Waals surface area contributed by atoms with Gasteiger partial charge in [-0.25, -0.2) is 8.42 Å². The van der Waals surface area contributed by atoms with Crippen LogP contribution in [-0.2, 0) is 9.84 Å². The summed E-state index contributed by atoms with van der Waals surface area (Å²) in [7, 11) is -2.95. The third kappa shape index (κ3) is 4.48. The largest absolute Gasteiger partial charge is 0.493 e. The van der Waals surface area contributed by atoms with E-state index < -0.39 is 9.84 Å². The van der Waals surface area contributed by atoms with Gasteiger partial charge in [-0.15, -0.1) is 0 Å². The van der Waals surface area contributed by atoms with Crippen LogP contribution < -0.4 is 4.74 Å². The molecule has 14 heavy (non-hydrogen) atoms. The maximum Gasteiger partial charge on any atom is 0.150 e. The van der Waals surface area contributed by atoms with E-state index >= 15 is 0 Å². The zero-order valence-electron chi connectivity index (χ0n) is 7.73. The van der Waals surface area contributed by atoms with Gasteiger partial charge < -0.3 is 4.74 Å². The smallest absolute Gasteiger partial charge is 0.150 e. The molecule has 0 aliphatic carbocycles. The van der Waals surface area contributed by atoms with Crippen molar-refractivity contribution in [3.8, 4) is 5.75 Å². The van der Waals surface area contributed by atoms with Crippen molar-refractivity contribution in [3.63, 3.8) is 0 Å². The fourth-order valence-electron chi connectivity index (χ4n) is 0.842. The average molecular weight is 235 g/mol. The highest BCUT2D eigenvalue weighted by Crippen LogP contribution is 2.15. The Balaban J connectivity index is 2.43. The lowest BCUT2D eigenvalue weighted by Crippen LogP contribution is -2.11. The predicted octanol–water partition coefficient (Wildman–Crippen LogP) is 1.76.